The first kappa shape index (κ1) is 63.2. The van der Waals surface area contributed by atoms with Crippen molar-refractivity contribution in [2.24, 2.45) is 46.3 Å². The summed E-state index contributed by atoms with van der Waals surface area (Å²) in [6.07, 6.45) is 1.39. The van der Waals surface area contributed by atoms with E-state index in [0.717, 1.165) is 18.4 Å². The first-order valence-electron chi connectivity index (χ1n) is 28.7. The Labute approximate surface area is 458 Å². The molecule has 2 unspecified atom stereocenters. The lowest BCUT2D eigenvalue weighted by molar-refractivity contribution is -0.287. The van der Waals surface area contributed by atoms with Gasteiger partial charge >= 0.3 is 11.9 Å². The van der Waals surface area contributed by atoms with Crippen LogP contribution in [-0.2, 0) is 42.9 Å². The zero-order valence-corrected chi connectivity index (χ0v) is 48.8. The Morgan fingerprint density at radius 1 is 0.909 bits per heavy atom. The number of carbonyl (C=O) groups is 5. The van der Waals surface area contributed by atoms with Crippen molar-refractivity contribution in [3.63, 3.8) is 0 Å². The summed E-state index contributed by atoms with van der Waals surface area (Å²) < 4.78 is 25.0. The maximum absolute atomic E-state index is 14.0. The monoisotopic (exact) mass is 1090 g/mol. The topological polar surface area (TPSA) is 253 Å². The highest BCUT2D eigenvalue weighted by molar-refractivity contribution is 6.01. The SMILES string of the molecule is CC[C@H]1OC(=O)[C@H](C)[C@@H](O)[C@H](C)[C@@H](O[C@@H]2O[C@H](C)C[C@@H](N(C)CCOC(=O)CCC(=O)CCC(=O)[C@@]3(O)CCC4[C@@H]5CCC6=CC(=O)C=C[C@]6(C)C5[C@@H](O)C[C@@]43C)[C@@H]2N(C)C)[C@](C)(O)C[C@@H](C)CN(C)[C@H](C)[C@@H](O)[C@]1(C)O. The third kappa shape index (κ3) is 12.9. The van der Waals surface area contributed by atoms with Crippen LogP contribution in [0, 0.1) is 46.3 Å². The van der Waals surface area contributed by atoms with Gasteiger partial charge in [0.1, 0.15) is 35.8 Å². The van der Waals surface area contributed by atoms with E-state index < -0.39 is 106 Å². The summed E-state index contributed by atoms with van der Waals surface area (Å²) in [5.41, 5.74) is -5.39. The molecule has 0 spiro atoms. The molecule has 4 aliphatic carbocycles. The lowest BCUT2D eigenvalue weighted by Crippen LogP contribution is -2.63. The van der Waals surface area contributed by atoms with Crippen LogP contribution >= 0.6 is 0 Å². The van der Waals surface area contributed by atoms with Gasteiger partial charge in [0, 0.05) is 67.1 Å². The number of ether oxygens (including phenoxy) is 4. The molecule has 77 heavy (non-hydrogen) atoms. The Hall–Kier alpha value is -3.01. The molecule has 0 aromatic rings. The second kappa shape index (κ2) is 24.6. The number of Topliss-reactive ketones (excluding diaryl/α,β-unsaturated/α-hetero) is 2. The van der Waals surface area contributed by atoms with Gasteiger partial charge < -0.3 is 59.4 Å². The number of hydrogen-bond acceptors (Lipinski definition) is 18. The molecule has 6 aliphatic rings. The molecule has 0 radical (unpaired) electrons. The molecule has 0 amide bonds. The minimum Gasteiger partial charge on any atom is -0.464 e. The summed E-state index contributed by atoms with van der Waals surface area (Å²) in [4.78, 5) is 72.1. The van der Waals surface area contributed by atoms with E-state index in [2.05, 4.69) is 11.8 Å². The number of rotatable bonds is 15. The third-order valence-electron chi connectivity index (χ3n) is 20.0. The molecule has 2 aliphatic heterocycles. The van der Waals surface area contributed by atoms with Gasteiger partial charge in [-0.3, -0.25) is 28.9 Å². The lowest BCUT2D eigenvalue weighted by Gasteiger charge is -2.59. The van der Waals surface area contributed by atoms with Crippen molar-refractivity contribution in [2.75, 3.05) is 47.9 Å². The number of hydrogen-bond donors (Lipinski definition) is 6. The third-order valence-corrected chi connectivity index (χ3v) is 20.0. The number of aliphatic hydroxyl groups is 6. The lowest BCUT2D eigenvalue weighted by atomic mass is 9.46. The molecule has 438 valence electrons. The highest BCUT2D eigenvalue weighted by Gasteiger charge is 2.68. The standard InChI is InChI=1S/C59H97N3O15/c1-15-46-58(10,72)51(69)37(6)62(14)32-33(2)30-57(9,71)52(35(4)50(68)36(5)53(70)76-46)77-54-49(60(11)12)43(28-34(3)75-54)61(13)26-27-74-47(67)21-18-39(63)17-20-45(66)59(73)25-23-42-41-19-16-38-29-40(64)22-24-55(38,7)48(41)44(65)31-56(42,59)8/h22,24,29,33-37,41-44,46,48-52,54,65,68-69,71-73H,15-21,23,25-28,30-32H2,1-14H3/t33-,34-,35+,36-,37-,41+,42?,43-,44+,46-,48?,49+,50+,51-,52-,54+,55+,56+,57-,58-,59+/m1/s1. The maximum Gasteiger partial charge on any atom is 0.311 e. The van der Waals surface area contributed by atoms with Crippen LogP contribution in [0.5, 0.6) is 0 Å². The van der Waals surface area contributed by atoms with Gasteiger partial charge in [-0.05, 0) is 144 Å². The number of fused-ring (bicyclic) bond motifs is 5. The fourth-order valence-corrected chi connectivity index (χ4v) is 15.4. The minimum atomic E-state index is -1.81. The number of likely N-dealkylation sites (N-methyl/N-ethyl adjacent to an activating group) is 3. The van der Waals surface area contributed by atoms with Crippen molar-refractivity contribution in [1.29, 1.82) is 0 Å². The number of cyclic esters (lactones) is 1. The molecule has 18 nitrogen and oxygen atoms in total. The number of esters is 2. The minimum absolute atomic E-state index is 0.00679. The molecule has 5 fully saturated rings. The fraction of sp³-hybridized carbons (Fsp3) is 0.847. The largest absolute Gasteiger partial charge is 0.464 e. The molecule has 3 saturated carbocycles. The van der Waals surface area contributed by atoms with Crippen molar-refractivity contribution in [3.8, 4) is 0 Å². The predicted molar refractivity (Wildman–Crippen MR) is 288 cm³/mol. The van der Waals surface area contributed by atoms with E-state index in [1.54, 1.807) is 39.8 Å². The molecule has 2 heterocycles. The van der Waals surface area contributed by atoms with Crippen LogP contribution in [0.3, 0.4) is 0 Å². The van der Waals surface area contributed by atoms with Crippen molar-refractivity contribution >= 4 is 29.3 Å². The van der Waals surface area contributed by atoms with Gasteiger partial charge in [-0.1, -0.05) is 46.3 Å². The van der Waals surface area contributed by atoms with Crippen LogP contribution in [0.1, 0.15) is 146 Å². The highest BCUT2D eigenvalue weighted by atomic mass is 16.7. The fourth-order valence-electron chi connectivity index (χ4n) is 15.4. The van der Waals surface area contributed by atoms with Gasteiger partial charge in [-0.25, -0.2) is 0 Å². The molecule has 21 atom stereocenters. The Morgan fingerprint density at radius 3 is 2.22 bits per heavy atom. The van der Waals surface area contributed by atoms with Gasteiger partial charge in [0.15, 0.2) is 17.9 Å². The molecule has 0 aromatic heterocycles. The average Bonchev–Trinajstić information content (AvgIpc) is 3.63. The van der Waals surface area contributed by atoms with E-state index >= 15 is 0 Å². The van der Waals surface area contributed by atoms with E-state index in [-0.39, 0.29) is 105 Å². The quantitative estimate of drug-likeness (QED) is 0.126. The molecule has 0 aromatic carbocycles. The van der Waals surface area contributed by atoms with Gasteiger partial charge in [0.25, 0.3) is 0 Å². The predicted octanol–water partition coefficient (Wildman–Crippen LogP) is 4.17. The summed E-state index contributed by atoms with van der Waals surface area (Å²) in [5.74, 6) is -4.26. The number of allylic oxidation sites excluding steroid dienone is 4. The van der Waals surface area contributed by atoms with E-state index in [4.69, 9.17) is 18.9 Å². The Kier molecular flexibility index (Phi) is 20.2. The molecule has 0 bridgehead atoms. The number of aliphatic hydroxyl groups excluding tert-OH is 3. The van der Waals surface area contributed by atoms with Crippen LogP contribution in [0.4, 0.5) is 0 Å². The summed E-state index contributed by atoms with van der Waals surface area (Å²) in [6.45, 7) is 18.6. The van der Waals surface area contributed by atoms with E-state index in [0.29, 0.717) is 25.9 Å². The van der Waals surface area contributed by atoms with Crippen LogP contribution in [-0.4, -0.2) is 200 Å². The van der Waals surface area contributed by atoms with Crippen LogP contribution in [0.2, 0.25) is 0 Å². The number of ketones is 3. The second-order valence-corrected chi connectivity index (χ2v) is 25.9. The molecular formula is C59H97N3O15. The zero-order chi connectivity index (χ0) is 57.5. The summed E-state index contributed by atoms with van der Waals surface area (Å²) >= 11 is 0. The van der Waals surface area contributed by atoms with E-state index in [1.165, 1.54) is 13.8 Å². The highest BCUT2D eigenvalue weighted by Crippen LogP contribution is 2.67. The first-order valence-corrected chi connectivity index (χ1v) is 28.7. The maximum atomic E-state index is 14.0. The van der Waals surface area contributed by atoms with Crippen molar-refractivity contribution in [1.82, 2.24) is 14.7 Å². The first-order chi connectivity index (χ1) is 35.7. The smallest absolute Gasteiger partial charge is 0.311 e. The van der Waals surface area contributed by atoms with Crippen LogP contribution in [0.15, 0.2) is 23.8 Å². The Bertz CT molecular complexity index is 2180. The van der Waals surface area contributed by atoms with Crippen LogP contribution < -0.4 is 0 Å². The molecule has 6 rings (SSSR count). The average molecular weight is 1090 g/mol. The summed E-state index contributed by atoms with van der Waals surface area (Å²) in [7, 11) is 7.53. The van der Waals surface area contributed by atoms with E-state index in [9.17, 15) is 54.6 Å². The van der Waals surface area contributed by atoms with Crippen LogP contribution in [0.25, 0.3) is 0 Å². The van der Waals surface area contributed by atoms with Gasteiger partial charge in [0.2, 0.25) is 0 Å². The Balaban J connectivity index is 1.04. The molecule has 2 saturated heterocycles. The molecule has 6 N–H and O–H groups in total. The van der Waals surface area contributed by atoms with Gasteiger partial charge in [0.05, 0.1) is 48.4 Å². The zero-order valence-electron chi connectivity index (χ0n) is 48.8. The van der Waals surface area contributed by atoms with Crippen molar-refractivity contribution in [3.05, 3.63) is 23.8 Å². The molecule has 18 heteroatoms. The van der Waals surface area contributed by atoms with Crippen molar-refractivity contribution in [2.45, 2.75) is 224 Å². The number of nitrogens with zero attached hydrogens (tertiary/aromatic N) is 3. The number of carbonyl (C=O) groups excluding carboxylic acids is 5. The van der Waals surface area contributed by atoms with Gasteiger partial charge in [-0.15, -0.1) is 0 Å². The normalized spacial score (nSPS) is 44.3. The Morgan fingerprint density at radius 2 is 1.57 bits per heavy atom. The summed E-state index contributed by atoms with van der Waals surface area (Å²) in [5, 5.41) is 71.4. The molecular weight excluding hydrogens is 991 g/mol. The van der Waals surface area contributed by atoms with Crippen molar-refractivity contribution < 1.29 is 73.6 Å². The second-order valence-electron chi connectivity index (χ2n) is 25.9. The van der Waals surface area contributed by atoms with E-state index in [1.807, 2.05) is 64.8 Å². The summed E-state index contributed by atoms with van der Waals surface area (Å²) in [6, 6.07) is -1.19. The van der Waals surface area contributed by atoms with Gasteiger partial charge in [-0.2, -0.15) is 0 Å².